The van der Waals surface area contributed by atoms with Gasteiger partial charge in [0.25, 0.3) is 5.69 Å². The summed E-state index contributed by atoms with van der Waals surface area (Å²) >= 11 is 8.75. The smallest absolute Gasteiger partial charge is 0.294 e. The van der Waals surface area contributed by atoms with Crippen molar-refractivity contribution in [3.05, 3.63) is 37.3 Å². The summed E-state index contributed by atoms with van der Waals surface area (Å²) in [6.07, 6.45) is 0. The number of carbonyl (C=O) groups is 1. The van der Waals surface area contributed by atoms with Gasteiger partial charge in [-0.1, -0.05) is 11.6 Å². The standard InChI is InChI=1S/C8H5BrClNO3/c1-4(12)5-2-3-6(9)7(10)8(5)11(13)14/h2-3H,1H3. The van der Waals surface area contributed by atoms with Gasteiger partial charge >= 0.3 is 0 Å². The summed E-state index contributed by atoms with van der Waals surface area (Å²) in [5.41, 5.74) is -0.336. The van der Waals surface area contributed by atoms with Gasteiger partial charge in [-0.3, -0.25) is 14.9 Å². The molecular weight excluding hydrogens is 273 g/mol. The first-order valence-electron chi connectivity index (χ1n) is 3.58. The molecular formula is C8H5BrClNO3. The van der Waals surface area contributed by atoms with Crippen LogP contribution in [0.1, 0.15) is 17.3 Å². The van der Waals surface area contributed by atoms with Gasteiger partial charge < -0.3 is 0 Å². The number of nitro groups is 1. The zero-order valence-electron chi connectivity index (χ0n) is 7.08. The Hall–Kier alpha value is -0.940. The number of halogens is 2. The van der Waals surface area contributed by atoms with Gasteiger partial charge in [0.1, 0.15) is 5.02 Å². The molecule has 0 heterocycles. The first kappa shape index (κ1) is 11.1. The molecule has 1 aromatic carbocycles. The van der Waals surface area contributed by atoms with Crippen LogP contribution in [-0.4, -0.2) is 10.7 Å². The highest BCUT2D eigenvalue weighted by atomic mass is 79.9. The number of hydrogen-bond acceptors (Lipinski definition) is 3. The van der Waals surface area contributed by atoms with Crippen LogP contribution >= 0.6 is 27.5 Å². The van der Waals surface area contributed by atoms with E-state index in [9.17, 15) is 14.9 Å². The maximum Gasteiger partial charge on any atom is 0.299 e. The predicted molar refractivity (Wildman–Crippen MR) is 55.8 cm³/mol. The van der Waals surface area contributed by atoms with Crippen molar-refractivity contribution >= 4 is 39.0 Å². The van der Waals surface area contributed by atoms with Gasteiger partial charge in [0, 0.05) is 4.47 Å². The molecule has 0 aromatic heterocycles. The Balaban J connectivity index is 3.53. The SMILES string of the molecule is CC(=O)c1ccc(Br)c(Cl)c1[N+](=O)[O-]. The van der Waals surface area contributed by atoms with Crippen molar-refractivity contribution in [1.29, 1.82) is 0 Å². The third kappa shape index (κ3) is 1.93. The maximum absolute atomic E-state index is 11.1. The maximum atomic E-state index is 11.1. The number of benzene rings is 1. The average molecular weight is 278 g/mol. The van der Waals surface area contributed by atoms with Crippen molar-refractivity contribution in [2.24, 2.45) is 0 Å². The van der Waals surface area contributed by atoms with E-state index in [-0.39, 0.29) is 22.1 Å². The fourth-order valence-electron chi connectivity index (χ4n) is 1.00. The highest BCUT2D eigenvalue weighted by Gasteiger charge is 2.23. The van der Waals surface area contributed by atoms with E-state index in [2.05, 4.69) is 15.9 Å². The summed E-state index contributed by atoms with van der Waals surface area (Å²) in [6, 6.07) is 2.88. The van der Waals surface area contributed by atoms with Crippen LogP contribution in [0, 0.1) is 10.1 Å². The van der Waals surface area contributed by atoms with E-state index in [1.54, 1.807) is 0 Å². The number of ketones is 1. The number of rotatable bonds is 2. The average Bonchev–Trinajstić information content (AvgIpc) is 2.08. The third-order valence-corrected chi connectivity index (χ3v) is 2.90. The highest BCUT2D eigenvalue weighted by molar-refractivity contribution is 9.10. The summed E-state index contributed by atoms with van der Waals surface area (Å²) < 4.78 is 0.399. The van der Waals surface area contributed by atoms with Crippen LogP contribution < -0.4 is 0 Å². The van der Waals surface area contributed by atoms with Crippen LogP contribution in [0.2, 0.25) is 5.02 Å². The molecule has 0 spiro atoms. The lowest BCUT2D eigenvalue weighted by molar-refractivity contribution is -0.385. The van der Waals surface area contributed by atoms with Gasteiger partial charge in [-0.25, -0.2) is 0 Å². The second-order valence-electron chi connectivity index (χ2n) is 2.57. The van der Waals surface area contributed by atoms with Gasteiger partial charge in [-0.05, 0) is 35.0 Å². The highest BCUT2D eigenvalue weighted by Crippen LogP contribution is 2.34. The van der Waals surface area contributed by atoms with Crippen molar-refractivity contribution in [1.82, 2.24) is 0 Å². The molecule has 14 heavy (non-hydrogen) atoms. The topological polar surface area (TPSA) is 60.2 Å². The van der Waals surface area contributed by atoms with E-state index in [4.69, 9.17) is 11.6 Å². The van der Waals surface area contributed by atoms with E-state index in [0.717, 1.165) is 0 Å². The first-order chi connectivity index (χ1) is 6.45. The lowest BCUT2D eigenvalue weighted by Gasteiger charge is -2.02. The van der Waals surface area contributed by atoms with Gasteiger partial charge in [-0.15, -0.1) is 0 Å². The summed E-state index contributed by atoms with van der Waals surface area (Å²) in [5, 5.41) is 10.6. The molecule has 0 saturated carbocycles. The van der Waals surface area contributed by atoms with Gasteiger partial charge in [0.2, 0.25) is 0 Å². The van der Waals surface area contributed by atoms with E-state index < -0.39 is 4.92 Å². The van der Waals surface area contributed by atoms with Crippen molar-refractivity contribution in [3.63, 3.8) is 0 Å². The number of nitro benzene ring substituents is 1. The van der Waals surface area contributed by atoms with Crippen molar-refractivity contribution in [2.45, 2.75) is 6.92 Å². The largest absolute Gasteiger partial charge is 0.299 e. The van der Waals surface area contributed by atoms with E-state index in [1.165, 1.54) is 19.1 Å². The fraction of sp³-hybridized carbons (Fsp3) is 0.125. The molecule has 0 N–H and O–H groups in total. The molecule has 4 nitrogen and oxygen atoms in total. The molecule has 74 valence electrons. The normalized spacial score (nSPS) is 9.93. The van der Waals surface area contributed by atoms with Gasteiger partial charge in [-0.2, -0.15) is 0 Å². The minimum Gasteiger partial charge on any atom is -0.294 e. The second kappa shape index (κ2) is 4.06. The minimum absolute atomic E-state index is 0.0169. The van der Waals surface area contributed by atoms with Gasteiger partial charge in [0.15, 0.2) is 5.78 Å². The Morgan fingerprint density at radius 2 is 2.14 bits per heavy atom. The molecule has 6 heteroatoms. The monoisotopic (exact) mass is 277 g/mol. The first-order valence-corrected chi connectivity index (χ1v) is 4.75. The summed E-state index contributed by atoms with van der Waals surface area (Å²) in [4.78, 5) is 21.0. The molecule has 0 aliphatic carbocycles. The predicted octanol–water partition coefficient (Wildman–Crippen LogP) is 3.21. The number of hydrogen-bond donors (Lipinski definition) is 0. The molecule has 0 amide bonds. The minimum atomic E-state index is -0.663. The molecule has 0 saturated heterocycles. The number of carbonyl (C=O) groups excluding carboxylic acids is 1. The van der Waals surface area contributed by atoms with Crippen molar-refractivity contribution in [2.75, 3.05) is 0 Å². The second-order valence-corrected chi connectivity index (χ2v) is 3.80. The lowest BCUT2D eigenvalue weighted by atomic mass is 10.1. The van der Waals surface area contributed by atoms with Crippen molar-refractivity contribution < 1.29 is 9.72 Å². The van der Waals surface area contributed by atoms with Crippen molar-refractivity contribution in [3.8, 4) is 0 Å². The number of Topliss-reactive ketones (excluding diaryl/α,β-unsaturated/α-hetero) is 1. The van der Waals surface area contributed by atoms with E-state index in [1.807, 2.05) is 0 Å². The molecule has 0 radical (unpaired) electrons. The molecule has 0 aliphatic heterocycles. The molecule has 0 bridgehead atoms. The Bertz CT molecular complexity index is 419. The third-order valence-electron chi connectivity index (χ3n) is 1.63. The van der Waals surface area contributed by atoms with Crippen LogP contribution in [0.25, 0.3) is 0 Å². The van der Waals surface area contributed by atoms with Gasteiger partial charge in [0.05, 0.1) is 10.5 Å². The zero-order chi connectivity index (χ0) is 10.9. The van der Waals surface area contributed by atoms with Crippen LogP contribution in [0.4, 0.5) is 5.69 Å². The molecule has 0 fully saturated rings. The Labute approximate surface area is 93.1 Å². The van der Waals surface area contributed by atoms with Crippen LogP contribution in [0.15, 0.2) is 16.6 Å². The Morgan fingerprint density at radius 3 is 2.57 bits per heavy atom. The van der Waals surface area contributed by atoms with E-state index >= 15 is 0 Å². The summed E-state index contributed by atoms with van der Waals surface area (Å²) in [7, 11) is 0. The van der Waals surface area contributed by atoms with Crippen LogP contribution in [0.5, 0.6) is 0 Å². The number of nitrogens with zero attached hydrogens (tertiary/aromatic N) is 1. The molecule has 0 aliphatic rings. The quantitative estimate of drug-likeness (QED) is 0.474. The van der Waals surface area contributed by atoms with Crippen LogP contribution in [0.3, 0.4) is 0 Å². The molecule has 0 atom stereocenters. The fourth-order valence-corrected chi connectivity index (χ4v) is 1.56. The Morgan fingerprint density at radius 1 is 1.57 bits per heavy atom. The molecule has 1 aromatic rings. The molecule has 0 unspecified atom stereocenters. The van der Waals surface area contributed by atoms with Crippen LogP contribution in [-0.2, 0) is 0 Å². The Kier molecular flexibility index (Phi) is 3.23. The zero-order valence-corrected chi connectivity index (χ0v) is 9.42. The lowest BCUT2D eigenvalue weighted by Crippen LogP contribution is -2.00. The van der Waals surface area contributed by atoms with E-state index in [0.29, 0.717) is 4.47 Å². The summed E-state index contributed by atoms with van der Waals surface area (Å²) in [6.45, 7) is 1.26. The molecule has 1 rings (SSSR count). The summed E-state index contributed by atoms with van der Waals surface area (Å²) in [5.74, 6) is -0.383.